The number of aryl methyl sites for hydroxylation is 2. The molecule has 0 aliphatic heterocycles. The van der Waals surface area contributed by atoms with Crippen LogP contribution in [-0.4, -0.2) is 0 Å². The average Bonchev–Trinajstić information content (AvgIpc) is 2.57. The molecule has 0 saturated heterocycles. The summed E-state index contributed by atoms with van der Waals surface area (Å²) in [6.07, 6.45) is 0. The topological polar surface area (TPSA) is 0 Å². The largest absolute Gasteiger partial charge is 0.144 e. The van der Waals surface area contributed by atoms with E-state index in [4.69, 9.17) is 0 Å². The third-order valence-corrected chi connectivity index (χ3v) is 5.45. The van der Waals surface area contributed by atoms with Crippen molar-refractivity contribution >= 4 is 43.2 Å². The lowest BCUT2D eigenvalue weighted by Crippen LogP contribution is -1.91. The molecule has 1 aromatic carbocycles. The van der Waals surface area contributed by atoms with Crippen molar-refractivity contribution in [1.29, 1.82) is 0 Å². The summed E-state index contributed by atoms with van der Waals surface area (Å²) < 4.78 is 1.13. The van der Waals surface area contributed by atoms with E-state index in [1.165, 1.54) is 20.9 Å². The number of rotatable bonds is 2. The van der Waals surface area contributed by atoms with Crippen molar-refractivity contribution in [2.45, 2.75) is 18.7 Å². The van der Waals surface area contributed by atoms with Crippen molar-refractivity contribution in [3.8, 4) is 0 Å². The normalized spacial score (nSPS) is 12.8. The highest BCUT2D eigenvalue weighted by atomic mass is 79.9. The highest BCUT2D eigenvalue weighted by Crippen LogP contribution is 2.38. The van der Waals surface area contributed by atoms with Crippen molar-refractivity contribution in [1.82, 2.24) is 0 Å². The molecule has 0 spiro atoms. The second-order valence-corrected chi connectivity index (χ2v) is 6.94. The Balaban J connectivity index is 2.38. The molecule has 0 aliphatic carbocycles. The van der Waals surface area contributed by atoms with E-state index in [2.05, 4.69) is 76.0 Å². The van der Waals surface area contributed by atoms with Crippen LogP contribution in [0.1, 0.15) is 25.7 Å². The summed E-state index contributed by atoms with van der Waals surface area (Å²) in [5, 5.41) is 0. The SMILES string of the molecule is Cc1cc(C)c(C(Br)c2cccc(Br)c2)s1. The van der Waals surface area contributed by atoms with E-state index >= 15 is 0 Å². The molecule has 0 nitrogen and oxygen atoms in total. The Bertz CT molecular complexity index is 502. The van der Waals surface area contributed by atoms with Gasteiger partial charge < -0.3 is 0 Å². The molecule has 2 aromatic rings. The van der Waals surface area contributed by atoms with Crippen molar-refractivity contribution < 1.29 is 0 Å². The molecular formula is C13H12Br2S. The van der Waals surface area contributed by atoms with Crippen LogP contribution in [0, 0.1) is 13.8 Å². The zero-order valence-electron chi connectivity index (χ0n) is 9.13. The summed E-state index contributed by atoms with van der Waals surface area (Å²) in [6, 6.07) is 10.7. The van der Waals surface area contributed by atoms with Crippen LogP contribution in [0.4, 0.5) is 0 Å². The number of alkyl halides is 1. The van der Waals surface area contributed by atoms with Gasteiger partial charge in [-0.2, -0.15) is 0 Å². The molecule has 0 saturated carbocycles. The maximum Gasteiger partial charge on any atom is 0.0741 e. The second kappa shape index (κ2) is 5.03. The zero-order valence-corrected chi connectivity index (χ0v) is 13.1. The van der Waals surface area contributed by atoms with E-state index < -0.39 is 0 Å². The summed E-state index contributed by atoms with van der Waals surface area (Å²) >= 11 is 9.15. The lowest BCUT2D eigenvalue weighted by atomic mass is 10.1. The van der Waals surface area contributed by atoms with E-state index in [9.17, 15) is 0 Å². The van der Waals surface area contributed by atoms with Crippen LogP contribution in [-0.2, 0) is 0 Å². The Morgan fingerprint density at radius 1 is 1.19 bits per heavy atom. The Morgan fingerprint density at radius 3 is 2.50 bits per heavy atom. The van der Waals surface area contributed by atoms with Gasteiger partial charge in [0.2, 0.25) is 0 Å². The molecular weight excluding hydrogens is 348 g/mol. The van der Waals surface area contributed by atoms with Gasteiger partial charge in [0.25, 0.3) is 0 Å². The first-order valence-corrected chi connectivity index (χ1v) is 7.57. The van der Waals surface area contributed by atoms with Crippen LogP contribution in [0.5, 0.6) is 0 Å². The van der Waals surface area contributed by atoms with Crippen LogP contribution in [0.3, 0.4) is 0 Å². The predicted octanol–water partition coefficient (Wildman–Crippen LogP) is 5.61. The third-order valence-electron chi connectivity index (χ3n) is 2.45. The Kier molecular flexibility index (Phi) is 3.88. The van der Waals surface area contributed by atoms with Gasteiger partial charge in [0.15, 0.2) is 0 Å². The van der Waals surface area contributed by atoms with Crippen LogP contribution >= 0.6 is 43.2 Å². The second-order valence-electron chi connectivity index (χ2n) is 3.82. The third kappa shape index (κ3) is 2.58. The van der Waals surface area contributed by atoms with Crippen LogP contribution < -0.4 is 0 Å². The maximum atomic E-state index is 3.78. The molecule has 0 bridgehead atoms. The van der Waals surface area contributed by atoms with Gasteiger partial charge in [-0.15, -0.1) is 11.3 Å². The molecule has 0 N–H and O–H groups in total. The fraction of sp³-hybridized carbons (Fsp3) is 0.231. The van der Waals surface area contributed by atoms with Gasteiger partial charge in [-0.3, -0.25) is 0 Å². The Morgan fingerprint density at radius 2 is 1.94 bits per heavy atom. The first-order chi connectivity index (χ1) is 7.58. The number of benzene rings is 1. The van der Waals surface area contributed by atoms with Gasteiger partial charge in [0.1, 0.15) is 0 Å². The number of hydrogen-bond acceptors (Lipinski definition) is 1. The van der Waals surface area contributed by atoms with E-state index in [0.29, 0.717) is 4.83 Å². The molecule has 0 amide bonds. The number of hydrogen-bond donors (Lipinski definition) is 0. The number of halogens is 2. The molecule has 84 valence electrons. The lowest BCUT2D eigenvalue weighted by Gasteiger charge is -2.10. The van der Waals surface area contributed by atoms with E-state index in [0.717, 1.165) is 4.47 Å². The van der Waals surface area contributed by atoms with Gasteiger partial charge in [0.05, 0.1) is 4.83 Å². The molecule has 0 aliphatic rings. The average molecular weight is 360 g/mol. The zero-order chi connectivity index (χ0) is 11.7. The highest BCUT2D eigenvalue weighted by molar-refractivity contribution is 9.10. The standard InChI is InChI=1S/C13H12Br2S/c1-8-6-9(2)16-13(8)12(15)10-4-3-5-11(14)7-10/h3-7,12H,1-2H3. The summed E-state index contributed by atoms with van der Waals surface area (Å²) in [5.74, 6) is 0. The molecule has 1 atom stereocenters. The van der Waals surface area contributed by atoms with Gasteiger partial charge in [-0.1, -0.05) is 44.0 Å². The van der Waals surface area contributed by atoms with Crippen LogP contribution in [0.2, 0.25) is 0 Å². The minimum Gasteiger partial charge on any atom is -0.144 e. The maximum absolute atomic E-state index is 3.78. The van der Waals surface area contributed by atoms with Crippen molar-refractivity contribution in [3.05, 3.63) is 55.7 Å². The minimum atomic E-state index is 0.295. The Hall–Kier alpha value is -0.120. The molecule has 0 radical (unpaired) electrons. The van der Waals surface area contributed by atoms with E-state index in [1.54, 1.807) is 0 Å². The van der Waals surface area contributed by atoms with Gasteiger partial charge in [-0.05, 0) is 43.2 Å². The highest BCUT2D eigenvalue weighted by Gasteiger charge is 2.15. The van der Waals surface area contributed by atoms with Crippen LogP contribution in [0.25, 0.3) is 0 Å². The van der Waals surface area contributed by atoms with Gasteiger partial charge >= 0.3 is 0 Å². The smallest absolute Gasteiger partial charge is 0.0741 e. The number of thiophene rings is 1. The predicted molar refractivity (Wildman–Crippen MR) is 78.7 cm³/mol. The summed E-state index contributed by atoms with van der Waals surface area (Å²) in [6.45, 7) is 4.33. The lowest BCUT2D eigenvalue weighted by molar-refractivity contribution is 1.19. The quantitative estimate of drug-likeness (QED) is 0.611. The summed E-state index contributed by atoms with van der Waals surface area (Å²) in [7, 11) is 0. The molecule has 1 heterocycles. The molecule has 1 aromatic heterocycles. The van der Waals surface area contributed by atoms with Gasteiger partial charge in [-0.25, -0.2) is 0 Å². The molecule has 16 heavy (non-hydrogen) atoms. The van der Waals surface area contributed by atoms with Crippen molar-refractivity contribution in [2.24, 2.45) is 0 Å². The minimum absolute atomic E-state index is 0.295. The van der Waals surface area contributed by atoms with Crippen LogP contribution in [0.15, 0.2) is 34.8 Å². The summed E-state index contributed by atoms with van der Waals surface area (Å²) in [4.78, 5) is 3.06. The van der Waals surface area contributed by atoms with Gasteiger partial charge in [0, 0.05) is 14.2 Å². The first-order valence-electron chi connectivity index (χ1n) is 5.04. The van der Waals surface area contributed by atoms with Crippen molar-refractivity contribution in [3.63, 3.8) is 0 Å². The fourth-order valence-corrected chi connectivity index (χ4v) is 4.11. The summed E-state index contributed by atoms with van der Waals surface area (Å²) in [5.41, 5.74) is 2.66. The molecule has 2 rings (SSSR count). The van der Waals surface area contributed by atoms with Crippen molar-refractivity contribution in [2.75, 3.05) is 0 Å². The van der Waals surface area contributed by atoms with E-state index in [-0.39, 0.29) is 0 Å². The fourth-order valence-electron chi connectivity index (χ4n) is 1.73. The Labute approximate surface area is 117 Å². The first kappa shape index (κ1) is 12.3. The van der Waals surface area contributed by atoms with E-state index in [1.807, 2.05) is 11.3 Å². The molecule has 3 heteroatoms. The molecule has 0 fully saturated rings. The molecule has 1 unspecified atom stereocenters. The monoisotopic (exact) mass is 358 g/mol.